The van der Waals surface area contributed by atoms with Gasteiger partial charge < -0.3 is 10.1 Å². The number of ether oxygens (including phenoxy) is 1. The third-order valence-electron chi connectivity index (χ3n) is 4.09. The third-order valence-corrected chi connectivity index (χ3v) is 4.92. The number of carbonyl (C=O) groups is 1. The SMILES string of the molecule is COc1ccc2c(c1)=C/C(=C\c1sc(=O)[nH]c1Nc1ccc(F)cc1)C(=O)N=2. The molecular weight excluding hydrogens is 381 g/mol. The van der Waals surface area contributed by atoms with Crippen molar-refractivity contribution >= 4 is 40.9 Å². The number of methoxy groups -OCH3 is 1. The van der Waals surface area contributed by atoms with E-state index in [0.717, 1.165) is 16.6 Å². The van der Waals surface area contributed by atoms with Crippen LogP contribution in [0.4, 0.5) is 15.9 Å². The standard InChI is InChI=1S/C20H14FN3O3S/c1-27-15-6-7-16-11(9-15)8-12(19(25)23-16)10-17-18(24-20(26)28-17)22-14-4-2-13(21)3-5-14/h2-10,22H,1H3,(H,24,26)/b12-10+. The molecule has 1 aromatic heterocycles. The molecule has 2 aromatic carbocycles. The van der Waals surface area contributed by atoms with Gasteiger partial charge in [0.25, 0.3) is 5.91 Å². The quantitative estimate of drug-likeness (QED) is 0.665. The van der Waals surface area contributed by atoms with E-state index >= 15 is 0 Å². The van der Waals surface area contributed by atoms with Gasteiger partial charge in [-0.2, -0.15) is 0 Å². The highest BCUT2D eigenvalue weighted by atomic mass is 32.1. The average molecular weight is 395 g/mol. The molecule has 0 spiro atoms. The number of hydrogen-bond acceptors (Lipinski definition) is 5. The summed E-state index contributed by atoms with van der Waals surface area (Å²) in [6.07, 6.45) is 3.31. The molecule has 28 heavy (non-hydrogen) atoms. The molecule has 2 N–H and O–H groups in total. The molecule has 0 aliphatic carbocycles. The van der Waals surface area contributed by atoms with Crippen LogP contribution in [0.1, 0.15) is 4.88 Å². The van der Waals surface area contributed by atoms with E-state index in [9.17, 15) is 14.0 Å². The highest BCUT2D eigenvalue weighted by Gasteiger charge is 2.14. The number of fused-ring (bicyclic) bond motifs is 1. The van der Waals surface area contributed by atoms with Crippen molar-refractivity contribution in [1.29, 1.82) is 0 Å². The average Bonchev–Trinajstić information content (AvgIpc) is 3.02. The summed E-state index contributed by atoms with van der Waals surface area (Å²) in [6.45, 7) is 0. The van der Waals surface area contributed by atoms with E-state index in [0.29, 0.717) is 33.1 Å². The minimum atomic E-state index is -0.397. The van der Waals surface area contributed by atoms with E-state index in [2.05, 4.69) is 15.3 Å². The number of halogens is 1. The van der Waals surface area contributed by atoms with Crippen molar-refractivity contribution in [1.82, 2.24) is 4.98 Å². The lowest BCUT2D eigenvalue weighted by atomic mass is 10.1. The Morgan fingerprint density at radius 2 is 1.96 bits per heavy atom. The maximum absolute atomic E-state index is 13.1. The first-order valence-electron chi connectivity index (χ1n) is 8.28. The Bertz CT molecular complexity index is 1270. The summed E-state index contributed by atoms with van der Waals surface area (Å²) in [5.41, 5.74) is 0.951. The molecule has 4 rings (SSSR count). The second-order valence-corrected chi connectivity index (χ2v) is 6.99. The van der Waals surface area contributed by atoms with Crippen molar-refractivity contribution in [2.75, 3.05) is 12.4 Å². The number of aromatic amines is 1. The number of aromatic nitrogens is 1. The van der Waals surface area contributed by atoms with Crippen molar-refractivity contribution in [3.05, 3.63) is 79.0 Å². The molecule has 0 radical (unpaired) electrons. The van der Waals surface area contributed by atoms with Gasteiger partial charge in [-0.1, -0.05) is 11.3 Å². The summed E-state index contributed by atoms with van der Waals surface area (Å²) >= 11 is 0.959. The van der Waals surface area contributed by atoms with Crippen LogP contribution in [0.3, 0.4) is 0 Å². The van der Waals surface area contributed by atoms with Crippen LogP contribution in [0, 0.1) is 5.82 Å². The van der Waals surface area contributed by atoms with E-state index < -0.39 is 5.91 Å². The van der Waals surface area contributed by atoms with Gasteiger partial charge in [0.15, 0.2) is 0 Å². The van der Waals surface area contributed by atoms with Crippen molar-refractivity contribution in [2.24, 2.45) is 4.99 Å². The predicted octanol–water partition coefficient (Wildman–Crippen LogP) is 2.35. The molecule has 1 aliphatic rings. The number of H-pyrrole nitrogens is 1. The first-order valence-corrected chi connectivity index (χ1v) is 9.10. The zero-order chi connectivity index (χ0) is 19.7. The highest BCUT2D eigenvalue weighted by molar-refractivity contribution is 7.10. The number of amides is 1. The summed E-state index contributed by atoms with van der Waals surface area (Å²) in [5.74, 6) is 0.326. The maximum atomic E-state index is 13.1. The van der Waals surface area contributed by atoms with Crippen molar-refractivity contribution < 1.29 is 13.9 Å². The largest absolute Gasteiger partial charge is 0.497 e. The number of thiazole rings is 1. The van der Waals surface area contributed by atoms with Crippen LogP contribution in [0.5, 0.6) is 5.75 Å². The van der Waals surface area contributed by atoms with Crippen molar-refractivity contribution in [3.8, 4) is 5.75 Å². The number of nitrogens with zero attached hydrogens (tertiary/aromatic N) is 1. The van der Waals surface area contributed by atoms with Crippen LogP contribution in [0.2, 0.25) is 0 Å². The summed E-state index contributed by atoms with van der Waals surface area (Å²) in [6, 6.07) is 11.0. The normalized spacial score (nSPS) is 14.2. The smallest absolute Gasteiger partial charge is 0.306 e. The molecular formula is C20H14FN3O3S. The second-order valence-electron chi connectivity index (χ2n) is 5.97. The summed E-state index contributed by atoms with van der Waals surface area (Å²) < 4.78 is 18.3. The molecule has 0 atom stereocenters. The van der Waals surface area contributed by atoms with Gasteiger partial charge in [-0.05, 0) is 54.6 Å². The Kier molecular flexibility index (Phi) is 4.62. The molecule has 0 bridgehead atoms. The fourth-order valence-corrected chi connectivity index (χ4v) is 3.48. The molecule has 1 amide bonds. The number of carbonyl (C=O) groups excluding carboxylic acids is 1. The Morgan fingerprint density at radius 3 is 2.71 bits per heavy atom. The minimum absolute atomic E-state index is 0.279. The topological polar surface area (TPSA) is 83.5 Å². The van der Waals surface area contributed by atoms with Gasteiger partial charge in [0.2, 0.25) is 0 Å². The highest BCUT2D eigenvalue weighted by Crippen LogP contribution is 2.24. The molecule has 0 unspecified atom stereocenters. The number of rotatable bonds is 4. The van der Waals surface area contributed by atoms with Crippen LogP contribution in [-0.4, -0.2) is 18.0 Å². The first-order chi connectivity index (χ1) is 13.5. The van der Waals surface area contributed by atoms with E-state index in [-0.39, 0.29) is 10.7 Å². The lowest BCUT2D eigenvalue weighted by Gasteiger charge is -2.07. The molecule has 0 fully saturated rings. The van der Waals surface area contributed by atoms with Crippen LogP contribution < -0.4 is 25.5 Å². The lowest BCUT2D eigenvalue weighted by molar-refractivity contribution is -0.114. The van der Waals surface area contributed by atoms with Gasteiger partial charge in [-0.25, -0.2) is 9.38 Å². The fourth-order valence-electron chi connectivity index (χ4n) is 2.74. The molecule has 0 saturated heterocycles. The lowest BCUT2D eigenvalue weighted by Crippen LogP contribution is -2.30. The van der Waals surface area contributed by atoms with Gasteiger partial charge in [-0.15, -0.1) is 0 Å². The van der Waals surface area contributed by atoms with E-state index in [1.165, 1.54) is 12.1 Å². The Hall–Kier alpha value is -3.52. The molecule has 1 aliphatic heterocycles. The van der Waals surface area contributed by atoms with Crippen LogP contribution in [0.15, 0.2) is 57.8 Å². The van der Waals surface area contributed by atoms with Crippen molar-refractivity contribution in [2.45, 2.75) is 0 Å². The second kappa shape index (κ2) is 7.24. The summed E-state index contributed by atoms with van der Waals surface area (Å²) in [7, 11) is 1.56. The zero-order valence-electron chi connectivity index (χ0n) is 14.7. The predicted molar refractivity (Wildman–Crippen MR) is 106 cm³/mol. The fraction of sp³-hybridized carbons (Fsp3) is 0.0500. The number of benzene rings is 2. The molecule has 3 aromatic rings. The Morgan fingerprint density at radius 1 is 1.18 bits per heavy atom. The van der Waals surface area contributed by atoms with Gasteiger partial charge in [0.05, 0.1) is 17.3 Å². The number of anilines is 2. The third kappa shape index (κ3) is 3.63. The van der Waals surface area contributed by atoms with E-state index in [4.69, 9.17) is 4.74 Å². The Balaban J connectivity index is 1.74. The maximum Gasteiger partial charge on any atom is 0.306 e. The summed E-state index contributed by atoms with van der Waals surface area (Å²) in [5, 5.41) is 4.35. The molecule has 0 saturated carbocycles. The Labute approximate surface area is 162 Å². The van der Waals surface area contributed by atoms with E-state index in [1.54, 1.807) is 49.6 Å². The zero-order valence-corrected chi connectivity index (χ0v) is 15.5. The van der Waals surface area contributed by atoms with Gasteiger partial charge in [0.1, 0.15) is 17.4 Å². The number of nitrogens with one attached hydrogen (secondary N) is 2. The summed E-state index contributed by atoms with van der Waals surface area (Å²) in [4.78, 5) is 31.3. The molecule has 8 heteroatoms. The molecule has 140 valence electrons. The van der Waals surface area contributed by atoms with Crippen LogP contribution in [-0.2, 0) is 4.79 Å². The van der Waals surface area contributed by atoms with Gasteiger partial charge in [0, 0.05) is 16.5 Å². The van der Waals surface area contributed by atoms with E-state index in [1.807, 2.05) is 0 Å². The van der Waals surface area contributed by atoms with Gasteiger partial charge >= 0.3 is 4.87 Å². The molecule has 2 heterocycles. The van der Waals surface area contributed by atoms with Crippen LogP contribution >= 0.6 is 11.3 Å². The minimum Gasteiger partial charge on any atom is -0.497 e. The first kappa shape index (κ1) is 17.9. The van der Waals surface area contributed by atoms with Gasteiger partial charge in [-0.3, -0.25) is 14.6 Å². The number of hydrogen-bond donors (Lipinski definition) is 2. The monoisotopic (exact) mass is 395 g/mol. The molecule has 6 nitrogen and oxygen atoms in total. The van der Waals surface area contributed by atoms with Crippen LogP contribution in [0.25, 0.3) is 12.2 Å². The van der Waals surface area contributed by atoms with Crippen molar-refractivity contribution in [3.63, 3.8) is 0 Å².